The van der Waals surface area contributed by atoms with E-state index in [0.717, 1.165) is 0 Å². The Morgan fingerprint density at radius 2 is 2.37 bits per heavy atom. The van der Waals surface area contributed by atoms with E-state index in [1.54, 1.807) is 12.4 Å². The third-order valence-electron chi connectivity index (χ3n) is 3.41. The van der Waals surface area contributed by atoms with Gasteiger partial charge in [-0.3, -0.25) is 14.7 Å². The third kappa shape index (κ3) is 1.68. The molecule has 19 heavy (non-hydrogen) atoms. The summed E-state index contributed by atoms with van der Waals surface area (Å²) in [6.45, 7) is 1.70. The SMILES string of the molecule is O=C(c1ncc2[nH]ncc2n1)N1C[C@@H]2COC[C@@H]2O1. The number of H-pyrrole nitrogens is 1. The summed E-state index contributed by atoms with van der Waals surface area (Å²) in [6, 6.07) is 0. The molecule has 0 unspecified atom stereocenters. The average Bonchev–Trinajstić information content (AvgIpc) is 3.11. The van der Waals surface area contributed by atoms with Gasteiger partial charge in [-0.2, -0.15) is 5.10 Å². The van der Waals surface area contributed by atoms with Gasteiger partial charge in [0.15, 0.2) is 0 Å². The Balaban J connectivity index is 1.59. The van der Waals surface area contributed by atoms with E-state index in [2.05, 4.69) is 20.2 Å². The van der Waals surface area contributed by atoms with E-state index in [0.29, 0.717) is 30.8 Å². The minimum absolute atomic E-state index is 0.0263. The quantitative estimate of drug-likeness (QED) is 0.761. The number of hydrogen-bond donors (Lipinski definition) is 1. The van der Waals surface area contributed by atoms with Crippen molar-refractivity contribution in [1.29, 1.82) is 0 Å². The number of rotatable bonds is 1. The highest BCUT2D eigenvalue weighted by atomic mass is 16.7. The van der Waals surface area contributed by atoms with Crippen molar-refractivity contribution >= 4 is 16.9 Å². The maximum absolute atomic E-state index is 12.2. The molecule has 1 N–H and O–H groups in total. The van der Waals surface area contributed by atoms with Gasteiger partial charge in [0.2, 0.25) is 5.82 Å². The number of amides is 1. The highest BCUT2D eigenvalue weighted by Gasteiger charge is 2.41. The number of aromatic nitrogens is 4. The van der Waals surface area contributed by atoms with Crippen LogP contribution in [0.5, 0.6) is 0 Å². The maximum Gasteiger partial charge on any atom is 0.315 e. The second kappa shape index (κ2) is 3.97. The molecule has 0 saturated carbocycles. The van der Waals surface area contributed by atoms with Crippen molar-refractivity contribution in [3.05, 3.63) is 18.2 Å². The van der Waals surface area contributed by atoms with Crippen LogP contribution in [-0.2, 0) is 9.57 Å². The van der Waals surface area contributed by atoms with Gasteiger partial charge < -0.3 is 4.74 Å². The number of nitrogens with one attached hydrogen (secondary N) is 1. The van der Waals surface area contributed by atoms with Gasteiger partial charge in [0, 0.05) is 5.92 Å². The molecule has 0 bridgehead atoms. The van der Waals surface area contributed by atoms with Crippen LogP contribution in [0.2, 0.25) is 0 Å². The number of nitrogens with zero attached hydrogens (tertiary/aromatic N) is 4. The highest BCUT2D eigenvalue weighted by Crippen LogP contribution is 2.27. The Morgan fingerprint density at radius 3 is 3.26 bits per heavy atom. The first kappa shape index (κ1) is 10.8. The summed E-state index contributed by atoms with van der Waals surface area (Å²) in [5.41, 5.74) is 1.31. The van der Waals surface area contributed by atoms with E-state index in [-0.39, 0.29) is 23.8 Å². The lowest BCUT2D eigenvalue weighted by atomic mass is 10.1. The van der Waals surface area contributed by atoms with Crippen molar-refractivity contribution < 1.29 is 14.4 Å². The predicted molar refractivity (Wildman–Crippen MR) is 61.9 cm³/mol. The van der Waals surface area contributed by atoms with Crippen molar-refractivity contribution in [2.24, 2.45) is 5.92 Å². The molecule has 98 valence electrons. The summed E-state index contributed by atoms with van der Waals surface area (Å²) in [7, 11) is 0. The number of carbonyl (C=O) groups excluding carboxylic acids is 1. The molecule has 2 aromatic heterocycles. The van der Waals surface area contributed by atoms with Crippen LogP contribution < -0.4 is 0 Å². The van der Waals surface area contributed by atoms with Gasteiger partial charge in [-0.25, -0.2) is 15.0 Å². The number of carbonyl (C=O) groups is 1. The first-order valence-electron chi connectivity index (χ1n) is 6.04. The molecular formula is C11H11N5O3. The second-order valence-electron chi connectivity index (χ2n) is 4.67. The van der Waals surface area contributed by atoms with Gasteiger partial charge in [0.1, 0.15) is 17.1 Å². The van der Waals surface area contributed by atoms with Crippen LogP contribution in [0.15, 0.2) is 12.4 Å². The summed E-state index contributed by atoms with van der Waals surface area (Å²) < 4.78 is 5.29. The Bertz CT molecular complexity index is 630. The molecule has 0 aliphatic carbocycles. The van der Waals surface area contributed by atoms with Crippen molar-refractivity contribution in [2.45, 2.75) is 6.10 Å². The molecular weight excluding hydrogens is 250 g/mol. The predicted octanol–water partition coefficient (Wildman–Crippen LogP) is -0.245. The van der Waals surface area contributed by atoms with E-state index < -0.39 is 0 Å². The number of ether oxygens (including phenoxy) is 1. The molecule has 2 atom stereocenters. The minimum Gasteiger partial charge on any atom is -0.378 e. The van der Waals surface area contributed by atoms with E-state index >= 15 is 0 Å². The molecule has 0 aromatic carbocycles. The Kier molecular flexibility index (Phi) is 2.26. The molecule has 0 radical (unpaired) electrons. The third-order valence-corrected chi connectivity index (χ3v) is 3.41. The van der Waals surface area contributed by atoms with Gasteiger partial charge in [-0.1, -0.05) is 0 Å². The Labute approximate surface area is 107 Å². The lowest BCUT2D eigenvalue weighted by Gasteiger charge is -2.14. The monoisotopic (exact) mass is 261 g/mol. The summed E-state index contributed by atoms with van der Waals surface area (Å²) >= 11 is 0. The van der Waals surface area contributed by atoms with Crippen molar-refractivity contribution in [2.75, 3.05) is 19.8 Å². The number of hydroxylamine groups is 2. The molecule has 2 fully saturated rings. The van der Waals surface area contributed by atoms with Crippen LogP contribution in [0.25, 0.3) is 11.0 Å². The van der Waals surface area contributed by atoms with Crippen molar-refractivity contribution in [3.63, 3.8) is 0 Å². The minimum atomic E-state index is -0.322. The van der Waals surface area contributed by atoms with Crippen LogP contribution in [0.1, 0.15) is 10.6 Å². The van der Waals surface area contributed by atoms with Gasteiger partial charge in [-0.05, 0) is 0 Å². The summed E-state index contributed by atoms with van der Waals surface area (Å²) in [4.78, 5) is 26.0. The van der Waals surface area contributed by atoms with Crippen molar-refractivity contribution in [3.8, 4) is 0 Å². The topological polar surface area (TPSA) is 93.2 Å². The van der Waals surface area contributed by atoms with Crippen LogP contribution in [0.3, 0.4) is 0 Å². The van der Waals surface area contributed by atoms with Crippen molar-refractivity contribution in [1.82, 2.24) is 25.2 Å². The van der Waals surface area contributed by atoms with Crippen LogP contribution in [0, 0.1) is 5.92 Å². The van der Waals surface area contributed by atoms with E-state index in [1.807, 2.05) is 0 Å². The Hall–Kier alpha value is -2.06. The fourth-order valence-electron chi connectivity index (χ4n) is 2.37. The first-order valence-corrected chi connectivity index (χ1v) is 6.04. The smallest absolute Gasteiger partial charge is 0.315 e. The molecule has 2 aromatic rings. The number of aromatic amines is 1. The summed E-state index contributed by atoms with van der Waals surface area (Å²) in [5, 5.41) is 7.92. The fourth-order valence-corrected chi connectivity index (χ4v) is 2.37. The maximum atomic E-state index is 12.2. The van der Waals surface area contributed by atoms with E-state index in [1.165, 1.54) is 5.06 Å². The van der Waals surface area contributed by atoms with Gasteiger partial charge >= 0.3 is 5.91 Å². The van der Waals surface area contributed by atoms with E-state index in [4.69, 9.17) is 9.57 Å². The first-order chi connectivity index (χ1) is 9.31. The molecule has 0 spiro atoms. The van der Waals surface area contributed by atoms with Crippen LogP contribution in [0.4, 0.5) is 0 Å². The highest BCUT2D eigenvalue weighted by molar-refractivity contribution is 5.91. The molecule has 2 aliphatic heterocycles. The normalized spacial score (nSPS) is 26.0. The molecule has 8 nitrogen and oxygen atoms in total. The summed E-state index contributed by atoms with van der Waals surface area (Å²) in [5.74, 6) is 0.0499. The second-order valence-corrected chi connectivity index (χ2v) is 4.67. The molecule has 2 saturated heterocycles. The zero-order valence-corrected chi connectivity index (χ0v) is 9.94. The van der Waals surface area contributed by atoms with Crippen LogP contribution >= 0.6 is 0 Å². The number of fused-ring (bicyclic) bond motifs is 2. The molecule has 2 aliphatic rings. The zero-order chi connectivity index (χ0) is 12.8. The molecule has 8 heteroatoms. The largest absolute Gasteiger partial charge is 0.378 e. The molecule has 1 amide bonds. The summed E-state index contributed by atoms with van der Waals surface area (Å²) in [6.07, 6.45) is 3.07. The number of hydrogen-bond acceptors (Lipinski definition) is 6. The van der Waals surface area contributed by atoms with E-state index in [9.17, 15) is 4.79 Å². The molecule has 4 rings (SSSR count). The lowest BCUT2D eigenvalue weighted by molar-refractivity contribution is -0.121. The lowest BCUT2D eigenvalue weighted by Crippen LogP contribution is -2.30. The van der Waals surface area contributed by atoms with Crippen LogP contribution in [-0.4, -0.2) is 57.0 Å². The average molecular weight is 261 g/mol. The van der Waals surface area contributed by atoms with Gasteiger partial charge in [-0.15, -0.1) is 0 Å². The molecule has 4 heterocycles. The van der Waals surface area contributed by atoms with Gasteiger partial charge in [0.05, 0.1) is 32.2 Å². The Morgan fingerprint density at radius 1 is 1.42 bits per heavy atom. The zero-order valence-electron chi connectivity index (χ0n) is 9.94. The fraction of sp³-hybridized carbons (Fsp3) is 0.455. The standard InChI is InChI=1S/C11H11N5O3/c17-11(16-3-6-4-18-5-9(6)19-16)10-12-1-8-7(14-10)2-13-15-8/h1-2,6,9H,3-5H2,(H,13,15)/t6-,9+/m1/s1. The van der Waals surface area contributed by atoms with Gasteiger partial charge in [0.25, 0.3) is 0 Å².